The first kappa shape index (κ1) is 22.2. The van der Waals surface area contributed by atoms with Crippen LogP contribution >= 0.6 is 23.2 Å². The first-order valence-electron chi connectivity index (χ1n) is 9.36. The standard InChI is InChI=1S/C21H22Cl2N2O5/c1-13(30-19-6-4-15(22)12-16(19)23)20(26)24-17-11-14(21(27)28-2)3-5-18(17)25-7-9-29-10-8-25/h3-6,11-13H,7-10H2,1-2H3,(H,24,26)/t13-/m0/s1. The molecule has 1 fully saturated rings. The fourth-order valence-corrected chi connectivity index (χ4v) is 3.46. The van der Waals surface area contributed by atoms with Gasteiger partial charge in [0.05, 0.1) is 42.3 Å². The van der Waals surface area contributed by atoms with E-state index in [4.69, 9.17) is 37.4 Å². The zero-order chi connectivity index (χ0) is 21.7. The lowest BCUT2D eigenvalue weighted by atomic mass is 10.1. The molecule has 0 unspecified atom stereocenters. The van der Waals surface area contributed by atoms with Gasteiger partial charge in [-0.3, -0.25) is 4.79 Å². The Morgan fingerprint density at radius 3 is 2.53 bits per heavy atom. The number of amides is 1. The first-order valence-corrected chi connectivity index (χ1v) is 10.1. The highest BCUT2D eigenvalue weighted by molar-refractivity contribution is 6.35. The van der Waals surface area contributed by atoms with Crippen molar-refractivity contribution in [2.45, 2.75) is 13.0 Å². The van der Waals surface area contributed by atoms with E-state index in [0.29, 0.717) is 53.3 Å². The molecule has 160 valence electrons. The van der Waals surface area contributed by atoms with Gasteiger partial charge in [0.15, 0.2) is 6.10 Å². The summed E-state index contributed by atoms with van der Waals surface area (Å²) in [6.07, 6.45) is -0.844. The molecule has 1 saturated heterocycles. The highest BCUT2D eigenvalue weighted by Crippen LogP contribution is 2.30. The van der Waals surface area contributed by atoms with Crippen LogP contribution in [0.5, 0.6) is 5.75 Å². The third-order valence-electron chi connectivity index (χ3n) is 4.59. The van der Waals surface area contributed by atoms with E-state index in [9.17, 15) is 9.59 Å². The number of benzene rings is 2. The molecule has 0 saturated carbocycles. The van der Waals surface area contributed by atoms with Gasteiger partial charge in [-0.05, 0) is 43.3 Å². The molecule has 7 nitrogen and oxygen atoms in total. The Bertz CT molecular complexity index is 932. The Morgan fingerprint density at radius 2 is 1.87 bits per heavy atom. The fraction of sp³-hybridized carbons (Fsp3) is 0.333. The summed E-state index contributed by atoms with van der Waals surface area (Å²) in [5.41, 5.74) is 1.61. The van der Waals surface area contributed by atoms with E-state index in [1.165, 1.54) is 7.11 Å². The number of methoxy groups -OCH3 is 1. The third kappa shape index (κ3) is 5.36. The van der Waals surface area contributed by atoms with Gasteiger partial charge in [-0.1, -0.05) is 23.2 Å². The van der Waals surface area contributed by atoms with Crippen molar-refractivity contribution in [1.82, 2.24) is 0 Å². The summed E-state index contributed by atoms with van der Waals surface area (Å²) >= 11 is 12.0. The van der Waals surface area contributed by atoms with Gasteiger partial charge >= 0.3 is 5.97 Å². The maximum Gasteiger partial charge on any atom is 0.337 e. The van der Waals surface area contributed by atoms with E-state index in [-0.39, 0.29) is 0 Å². The van der Waals surface area contributed by atoms with Crippen molar-refractivity contribution in [3.8, 4) is 5.75 Å². The van der Waals surface area contributed by atoms with Crippen molar-refractivity contribution >= 4 is 46.5 Å². The Morgan fingerprint density at radius 1 is 1.13 bits per heavy atom. The molecule has 0 radical (unpaired) electrons. The van der Waals surface area contributed by atoms with E-state index >= 15 is 0 Å². The zero-order valence-corrected chi connectivity index (χ0v) is 18.1. The molecule has 1 N–H and O–H groups in total. The lowest BCUT2D eigenvalue weighted by Gasteiger charge is -2.31. The van der Waals surface area contributed by atoms with Crippen LogP contribution in [0.1, 0.15) is 17.3 Å². The second-order valence-corrected chi connectivity index (χ2v) is 7.49. The molecule has 1 aliphatic heterocycles. The van der Waals surface area contributed by atoms with Gasteiger partial charge in [-0.25, -0.2) is 4.79 Å². The third-order valence-corrected chi connectivity index (χ3v) is 5.12. The van der Waals surface area contributed by atoms with E-state index < -0.39 is 18.0 Å². The minimum Gasteiger partial charge on any atom is -0.479 e. The average Bonchev–Trinajstić information content (AvgIpc) is 2.75. The number of carbonyl (C=O) groups is 2. The quantitative estimate of drug-likeness (QED) is 0.666. The summed E-state index contributed by atoms with van der Waals surface area (Å²) in [4.78, 5) is 26.9. The van der Waals surface area contributed by atoms with E-state index in [1.807, 2.05) is 0 Å². The van der Waals surface area contributed by atoms with Crippen LogP contribution in [-0.2, 0) is 14.3 Å². The molecular weight excluding hydrogens is 431 g/mol. The molecule has 3 rings (SSSR count). The number of ether oxygens (including phenoxy) is 3. The highest BCUT2D eigenvalue weighted by Gasteiger charge is 2.22. The summed E-state index contributed by atoms with van der Waals surface area (Å²) in [5, 5.41) is 3.64. The van der Waals surface area contributed by atoms with Crippen LogP contribution < -0.4 is 15.0 Å². The van der Waals surface area contributed by atoms with Crippen molar-refractivity contribution in [2.75, 3.05) is 43.6 Å². The molecule has 0 spiro atoms. The molecule has 9 heteroatoms. The van der Waals surface area contributed by atoms with Crippen molar-refractivity contribution in [1.29, 1.82) is 0 Å². The predicted octanol–water partition coefficient (Wildman–Crippen LogP) is 4.02. The van der Waals surface area contributed by atoms with Gasteiger partial charge in [0, 0.05) is 18.1 Å². The Kier molecular flexibility index (Phi) is 7.42. The number of hydrogen-bond acceptors (Lipinski definition) is 6. The monoisotopic (exact) mass is 452 g/mol. The maximum absolute atomic E-state index is 12.8. The molecule has 1 atom stereocenters. The predicted molar refractivity (Wildman–Crippen MR) is 116 cm³/mol. The second kappa shape index (κ2) is 10.0. The van der Waals surface area contributed by atoms with Crippen LogP contribution in [-0.4, -0.2) is 51.4 Å². The highest BCUT2D eigenvalue weighted by atomic mass is 35.5. The lowest BCUT2D eigenvalue weighted by molar-refractivity contribution is -0.122. The number of morpholine rings is 1. The molecule has 1 amide bonds. The van der Waals surface area contributed by atoms with Crippen molar-refractivity contribution in [2.24, 2.45) is 0 Å². The number of rotatable bonds is 6. The van der Waals surface area contributed by atoms with Crippen LogP contribution in [0.25, 0.3) is 0 Å². The molecule has 2 aromatic rings. The Labute approximate surface area is 184 Å². The largest absolute Gasteiger partial charge is 0.479 e. The topological polar surface area (TPSA) is 77.1 Å². The first-order chi connectivity index (χ1) is 14.4. The van der Waals surface area contributed by atoms with Gasteiger partial charge in [-0.15, -0.1) is 0 Å². The molecule has 2 aromatic carbocycles. The normalized spacial score (nSPS) is 14.7. The van der Waals surface area contributed by atoms with E-state index in [2.05, 4.69) is 10.2 Å². The van der Waals surface area contributed by atoms with Crippen LogP contribution in [0.3, 0.4) is 0 Å². The molecule has 30 heavy (non-hydrogen) atoms. The molecule has 0 aromatic heterocycles. The molecule has 0 aliphatic carbocycles. The fourth-order valence-electron chi connectivity index (χ4n) is 3.01. The van der Waals surface area contributed by atoms with Crippen LogP contribution in [0.2, 0.25) is 10.0 Å². The number of esters is 1. The van der Waals surface area contributed by atoms with Crippen LogP contribution in [0.15, 0.2) is 36.4 Å². The zero-order valence-electron chi connectivity index (χ0n) is 16.6. The van der Waals surface area contributed by atoms with Gasteiger partial charge in [0.1, 0.15) is 5.75 Å². The van der Waals surface area contributed by atoms with Crippen molar-refractivity contribution in [3.05, 3.63) is 52.0 Å². The average molecular weight is 453 g/mol. The van der Waals surface area contributed by atoms with Crippen LogP contribution in [0.4, 0.5) is 11.4 Å². The number of nitrogens with one attached hydrogen (secondary N) is 1. The minimum absolute atomic E-state index is 0.309. The molecule has 1 aliphatic rings. The molecule has 1 heterocycles. The number of hydrogen-bond donors (Lipinski definition) is 1. The van der Waals surface area contributed by atoms with E-state index in [0.717, 1.165) is 5.69 Å². The van der Waals surface area contributed by atoms with E-state index in [1.54, 1.807) is 43.3 Å². The second-order valence-electron chi connectivity index (χ2n) is 6.65. The smallest absolute Gasteiger partial charge is 0.337 e. The maximum atomic E-state index is 12.8. The van der Waals surface area contributed by atoms with Gasteiger partial charge < -0.3 is 24.4 Å². The molecule has 0 bridgehead atoms. The van der Waals surface area contributed by atoms with Gasteiger partial charge in [0.2, 0.25) is 0 Å². The van der Waals surface area contributed by atoms with Crippen molar-refractivity contribution in [3.63, 3.8) is 0 Å². The summed E-state index contributed by atoms with van der Waals surface area (Å²) < 4.78 is 15.9. The SMILES string of the molecule is COC(=O)c1ccc(N2CCOCC2)c(NC(=O)[C@H](C)Oc2ccc(Cl)cc2Cl)c1. The number of carbonyl (C=O) groups excluding carboxylic acids is 2. The Balaban J connectivity index is 1.81. The van der Waals surface area contributed by atoms with Crippen LogP contribution in [0, 0.1) is 0 Å². The summed E-state index contributed by atoms with van der Waals surface area (Å²) in [6, 6.07) is 9.82. The Hall–Kier alpha value is -2.48. The summed E-state index contributed by atoms with van der Waals surface area (Å²) in [7, 11) is 1.31. The number of nitrogens with zero attached hydrogens (tertiary/aromatic N) is 1. The minimum atomic E-state index is -0.844. The van der Waals surface area contributed by atoms with Gasteiger partial charge in [-0.2, -0.15) is 0 Å². The van der Waals surface area contributed by atoms with Crippen molar-refractivity contribution < 1.29 is 23.8 Å². The number of halogens is 2. The van der Waals surface area contributed by atoms with Gasteiger partial charge in [0.25, 0.3) is 5.91 Å². The summed E-state index contributed by atoms with van der Waals surface area (Å²) in [5.74, 6) is -0.533. The summed E-state index contributed by atoms with van der Waals surface area (Å²) in [6.45, 7) is 4.13. The lowest BCUT2D eigenvalue weighted by Crippen LogP contribution is -2.37. The molecular formula is C21H22Cl2N2O5. The number of anilines is 2.